The highest BCUT2D eigenvalue weighted by Gasteiger charge is 2.30. The summed E-state index contributed by atoms with van der Waals surface area (Å²) >= 11 is 0. The third-order valence-corrected chi connectivity index (χ3v) is 5.99. The van der Waals surface area contributed by atoms with Crippen molar-refractivity contribution < 1.29 is 4.79 Å². The molecule has 2 aliphatic rings. The van der Waals surface area contributed by atoms with Crippen LogP contribution in [-0.2, 0) is 0 Å². The van der Waals surface area contributed by atoms with E-state index in [-0.39, 0.29) is 5.91 Å². The van der Waals surface area contributed by atoms with Gasteiger partial charge in [0.25, 0.3) is 5.91 Å². The van der Waals surface area contributed by atoms with Gasteiger partial charge in [-0.25, -0.2) is 4.98 Å². The van der Waals surface area contributed by atoms with Crippen molar-refractivity contribution in [1.82, 2.24) is 9.88 Å². The first kappa shape index (κ1) is 20.5. The maximum Gasteiger partial charge on any atom is 0.259 e. The number of benzene rings is 1. The molecule has 30 heavy (non-hydrogen) atoms. The number of hydrogen-bond donors (Lipinski definition) is 1. The Morgan fingerprint density at radius 3 is 2.47 bits per heavy atom. The summed E-state index contributed by atoms with van der Waals surface area (Å²) in [6, 6.07) is 10.8. The van der Waals surface area contributed by atoms with Gasteiger partial charge in [-0.2, -0.15) is 0 Å². The summed E-state index contributed by atoms with van der Waals surface area (Å²) in [6.45, 7) is 6.55. The van der Waals surface area contributed by atoms with Crippen LogP contribution in [0.15, 0.2) is 36.5 Å². The van der Waals surface area contributed by atoms with E-state index in [1.165, 1.54) is 24.1 Å². The van der Waals surface area contributed by atoms with Gasteiger partial charge in [0.2, 0.25) is 0 Å². The zero-order valence-corrected chi connectivity index (χ0v) is 18.4. The lowest BCUT2D eigenvalue weighted by atomic mass is 10.1. The number of pyridine rings is 1. The maximum atomic E-state index is 13.0. The van der Waals surface area contributed by atoms with E-state index < -0.39 is 0 Å². The van der Waals surface area contributed by atoms with E-state index in [4.69, 9.17) is 0 Å². The predicted octanol–water partition coefficient (Wildman–Crippen LogP) is 3.81. The normalized spacial score (nSPS) is 16.5. The number of piperazine rings is 1. The second kappa shape index (κ2) is 8.94. The molecule has 0 radical (unpaired) electrons. The smallest absolute Gasteiger partial charge is 0.259 e. The van der Waals surface area contributed by atoms with Gasteiger partial charge in [0.15, 0.2) is 0 Å². The van der Waals surface area contributed by atoms with Crippen LogP contribution in [0.2, 0.25) is 0 Å². The van der Waals surface area contributed by atoms with Crippen molar-refractivity contribution in [3.63, 3.8) is 0 Å². The Labute approximate surface area is 179 Å². The molecule has 2 aromatic rings. The highest BCUT2D eigenvalue weighted by Crippen LogP contribution is 2.44. The summed E-state index contributed by atoms with van der Waals surface area (Å²) < 4.78 is 0. The summed E-state index contributed by atoms with van der Waals surface area (Å²) in [5, 5.41) is 3.42. The summed E-state index contributed by atoms with van der Waals surface area (Å²) in [5.74, 6) is 1.54. The molecule has 6 heteroatoms. The molecular weight excluding hydrogens is 374 g/mol. The number of hydrogen-bond acceptors (Lipinski definition) is 5. The molecule has 2 fully saturated rings. The number of carbonyl (C=O) groups is 1. The maximum absolute atomic E-state index is 13.0. The second-order valence-electron chi connectivity index (χ2n) is 8.49. The molecule has 6 nitrogen and oxygen atoms in total. The van der Waals surface area contributed by atoms with Crippen molar-refractivity contribution >= 4 is 23.1 Å². The predicted molar refractivity (Wildman–Crippen MR) is 124 cm³/mol. The molecule has 1 aromatic heterocycles. The van der Waals surface area contributed by atoms with Crippen molar-refractivity contribution in [1.29, 1.82) is 0 Å². The molecule has 1 aliphatic carbocycles. The average Bonchev–Trinajstić information content (AvgIpc) is 3.62. The van der Waals surface area contributed by atoms with Gasteiger partial charge < -0.3 is 20.0 Å². The summed E-state index contributed by atoms with van der Waals surface area (Å²) in [5.41, 5.74) is 4.44. The van der Waals surface area contributed by atoms with Gasteiger partial charge in [0.05, 0.1) is 5.69 Å². The van der Waals surface area contributed by atoms with Crippen LogP contribution in [0.3, 0.4) is 0 Å². The van der Waals surface area contributed by atoms with E-state index in [0.29, 0.717) is 5.56 Å². The first-order valence-electron chi connectivity index (χ1n) is 11.1. The van der Waals surface area contributed by atoms with Crippen LogP contribution in [0.1, 0.15) is 48.0 Å². The number of aromatic nitrogens is 1. The van der Waals surface area contributed by atoms with E-state index in [2.05, 4.69) is 51.3 Å². The first-order valence-corrected chi connectivity index (χ1v) is 11.1. The van der Waals surface area contributed by atoms with E-state index in [1.54, 1.807) is 19.0 Å². The van der Waals surface area contributed by atoms with Gasteiger partial charge >= 0.3 is 0 Å². The van der Waals surface area contributed by atoms with Gasteiger partial charge in [-0.15, -0.1) is 0 Å². The number of para-hydroxylation sites is 1. The van der Waals surface area contributed by atoms with Crippen molar-refractivity contribution in [2.24, 2.45) is 0 Å². The molecule has 2 heterocycles. The Bertz CT molecular complexity index is 885. The van der Waals surface area contributed by atoms with Crippen LogP contribution in [0, 0.1) is 0 Å². The van der Waals surface area contributed by atoms with Crippen LogP contribution in [-0.4, -0.2) is 62.6 Å². The molecule has 0 unspecified atom stereocenters. The molecule has 1 saturated heterocycles. The lowest BCUT2D eigenvalue weighted by Crippen LogP contribution is -2.47. The minimum absolute atomic E-state index is 0.00166. The minimum Gasteiger partial charge on any atom is -0.384 e. The van der Waals surface area contributed by atoms with Crippen molar-refractivity contribution in [3.8, 4) is 0 Å². The van der Waals surface area contributed by atoms with Crippen LogP contribution >= 0.6 is 0 Å². The molecule has 1 aliphatic heterocycles. The Kier molecular flexibility index (Phi) is 6.11. The molecule has 0 spiro atoms. The van der Waals surface area contributed by atoms with Crippen molar-refractivity contribution in [2.45, 2.75) is 32.1 Å². The fourth-order valence-electron chi connectivity index (χ4n) is 4.21. The van der Waals surface area contributed by atoms with Crippen molar-refractivity contribution in [3.05, 3.63) is 47.7 Å². The molecule has 1 saturated carbocycles. The van der Waals surface area contributed by atoms with Crippen LogP contribution in [0.5, 0.6) is 0 Å². The Balaban J connectivity index is 1.55. The molecule has 1 aromatic carbocycles. The summed E-state index contributed by atoms with van der Waals surface area (Å²) in [6.07, 6.45) is 5.45. The average molecular weight is 408 g/mol. The molecule has 4 rings (SSSR count). The van der Waals surface area contributed by atoms with E-state index in [1.807, 2.05) is 12.3 Å². The highest BCUT2D eigenvalue weighted by atomic mass is 16.2. The van der Waals surface area contributed by atoms with Crippen molar-refractivity contribution in [2.75, 3.05) is 61.9 Å². The van der Waals surface area contributed by atoms with Gasteiger partial charge in [-0.3, -0.25) is 4.79 Å². The zero-order valence-electron chi connectivity index (χ0n) is 18.4. The molecule has 1 amide bonds. The van der Waals surface area contributed by atoms with Gasteiger partial charge in [0, 0.05) is 58.7 Å². The van der Waals surface area contributed by atoms with Crippen LogP contribution in [0.25, 0.3) is 0 Å². The van der Waals surface area contributed by atoms with Gasteiger partial charge in [-0.1, -0.05) is 25.1 Å². The summed E-state index contributed by atoms with van der Waals surface area (Å²) in [7, 11) is 3.60. The third-order valence-electron chi connectivity index (χ3n) is 5.99. The van der Waals surface area contributed by atoms with E-state index >= 15 is 0 Å². The van der Waals surface area contributed by atoms with E-state index in [9.17, 15) is 4.79 Å². The second-order valence-corrected chi connectivity index (χ2v) is 8.49. The fraction of sp³-hybridized carbons (Fsp3) is 0.500. The monoisotopic (exact) mass is 407 g/mol. The number of rotatable bonds is 7. The lowest BCUT2D eigenvalue weighted by Gasteiger charge is -2.38. The van der Waals surface area contributed by atoms with Gasteiger partial charge in [-0.05, 0) is 42.9 Å². The number of nitrogens with one attached hydrogen (secondary N) is 1. The lowest BCUT2D eigenvalue weighted by molar-refractivity contribution is 0.0828. The largest absolute Gasteiger partial charge is 0.384 e. The molecule has 160 valence electrons. The molecule has 1 N–H and O–H groups in total. The van der Waals surface area contributed by atoms with Crippen LogP contribution in [0.4, 0.5) is 17.2 Å². The quantitative estimate of drug-likeness (QED) is 0.756. The number of amides is 1. The third kappa shape index (κ3) is 4.23. The highest BCUT2D eigenvalue weighted by molar-refractivity contribution is 6.04. The van der Waals surface area contributed by atoms with Gasteiger partial charge in [0.1, 0.15) is 11.4 Å². The SMILES string of the molecule is CCCNc1ccnc(N2CCN(c3ccccc3C3CC3)CC2)c1C(=O)N(C)C. The molecular formula is C24H33N5O. The molecule has 0 atom stereocenters. The summed E-state index contributed by atoms with van der Waals surface area (Å²) in [4.78, 5) is 24.1. The Morgan fingerprint density at radius 2 is 1.80 bits per heavy atom. The Hall–Kier alpha value is -2.76. The zero-order chi connectivity index (χ0) is 21.1. The van der Waals surface area contributed by atoms with Crippen LogP contribution < -0.4 is 15.1 Å². The first-order chi connectivity index (χ1) is 14.6. The minimum atomic E-state index is -0.00166. The number of carbonyl (C=O) groups excluding carboxylic acids is 1. The van der Waals surface area contributed by atoms with E-state index in [0.717, 1.165) is 56.6 Å². The fourth-order valence-corrected chi connectivity index (χ4v) is 4.21. The molecule has 0 bridgehead atoms. The Morgan fingerprint density at radius 1 is 1.10 bits per heavy atom. The number of nitrogens with zero attached hydrogens (tertiary/aromatic N) is 4. The topological polar surface area (TPSA) is 51.7 Å². The standard InChI is InChI=1S/C24H33N5O/c1-4-12-25-20-11-13-26-23(22(20)24(30)27(2)3)29-16-14-28(15-17-29)21-8-6-5-7-19(21)18-9-10-18/h5-8,11,13,18H,4,9-10,12,14-17H2,1-3H3,(H,25,26). The number of anilines is 3.